The second-order valence-electron chi connectivity index (χ2n) is 15.7. The molecule has 3 aliphatic rings. The number of hydrogen-bond acceptors (Lipinski definition) is 1. The summed E-state index contributed by atoms with van der Waals surface area (Å²) in [6.07, 6.45) is 11.1. The molecule has 3 nitrogen and oxygen atoms in total. The zero-order valence-corrected chi connectivity index (χ0v) is 31.7. The van der Waals surface area contributed by atoms with Crippen LogP contribution in [0.5, 0.6) is 0 Å². The van der Waals surface area contributed by atoms with Gasteiger partial charge in [-0.1, -0.05) is 146 Å². The van der Waals surface area contributed by atoms with Crippen molar-refractivity contribution in [2.75, 3.05) is 5.73 Å². The van der Waals surface area contributed by atoms with Crippen molar-refractivity contribution >= 4 is 50.2 Å². The molecule has 7 aromatic carbocycles. The van der Waals surface area contributed by atoms with Crippen LogP contribution in [-0.2, 0) is 5.41 Å². The summed E-state index contributed by atoms with van der Waals surface area (Å²) in [5.41, 5.74) is 27.1. The van der Waals surface area contributed by atoms with Crippen LogP contribution in [0.4, 0.5) is 5.82 Å². The second-order valence-corrected chi connectivity index (χ2v) is 15.7. The first-order chi connectivity index (χ1) is 28.2. The van der Waals surface area contributed by atoms with E-state index < -0.39 is 0 Å². The molecule has 9 aromatic rings. The fourth-order valence-electron chi connectivity index (χ4n) is 10.7. The Morgan fingerprint density at radius 2 is 1.14 bits per heavy atom. The van der Waals surface area contributed by atoms with E-state index in [-0.39, 0.29) is 5.41 Å². The Balaban J connectivity index is 1.02. The summed E-state index contributed by atoms with van der Waals surface area (Å²) >= 11 is 0. The van der Waals surface area contributed by atoms with Crippen LogP contribution in [0.3, 0.4) is 0 Å². The Morgan fingerprint density at radius 3 is 1.81 bits per heavy atom. The smallest absolute Gasteiger partial charge is 0.116 e. The summed E-state index contributed by atoms with van der Waals surface area (Å²) in [6, 6.07) is 58.2. The van der Waals surface area contributed by atoms with Crippen molar-refractivity contribution in [3.63, 3.8) is 0 Å². The van der Waals surface area contributed by atoms with Gasteiger partial charge >= 0.3 is 0 Å². The SMILES string of the molecule is C/C=C\c1c(N)n(-c2ccc(-c3ccc(-n4c5ccccc5c5ccccc54)cc3)cc2)c2c3c(ccc12)C1(C2=C(C=CCC2)c2ccccc21)c1ccccc1-3. The summed E-state index contributed by atoms with van der Waals surface area (Å²) < 4.78 is 4.68. The molecule has 0 bridgehead atoms. The third-order valence-corrected chi connectivity index (χ3v) is 13.0. The van der Waals surface area contributed by atoms with E-state index in [2.05, 4.69) is 198 Å². The molecule has 2 aromatic heterocycles. The Hall–Kier alpha value is -7.10. The molecule has 1 atom stereocenters. The van der Waals surface area contributed by atoms with Crippen LogP contribution >= 0.6 is 0 Å². The van der Waals surface area contributed by atoms with E-state index in [4.69, 9.17) is 5.73 Å². The zero-order valence-electron chi connectivity index (χ0n) is 31.7. The lowest BCUT2D eigenvalue weighted by atomic mass is 9.68. The predicted octanol–water partition coefficient (Wildman–Crippen LogP) is 13.4. The molecule has 0 fully saturated rings. The first-order valence-electron chi connectivity index (χ1n) is 20.1. The molecule has 1 unspecified atom stereocenters. The maximum Gasteiger partial charge on any atom is 0.116 e. The molecule has 3 aliphatic carbocycles. The lowest BCUT2D eigenvalue weighted by molar-refractivity contribution is 0.714. The topological polar surface area (TPSA) is 35.9 Å². The van der Waals surface area contributed by atoms with E-state index >= 15 is 0 Å². The number of nitrogen functional groups attached to an aromatic ring is 1. The van der Waals surface area contributed by atoms with Crippen LogP contribution < -0.4 is 5.73 Å². The maximum atomic E-state index is 7.26. The molecule has 12 rings (SSSR count). The Bertz CT molecular complexity index is 3180. The van der Waals surface area contributed by atoms with E-state index in [1.165, 1.54) is 82.8 Å². The number of benzene rings is 7. The Labute approximate surface area is 332 Å². The molecule has 1 spiro atoms. The number of aromatic nitrogens is 2. The molecule has 2 N–H and O–H groups in total. The van der Waals surface area contributed by atoms with E-state index in [9.17, 15) is 0 Å². The molecule has 270 valence electrons. The maximum absolute atomic E-state index is 7.26. The second kappa shape index (κ2) is 11.9. The number of nitrogens with zero attached hydrogens (tertiary/aromatic N) is 2. The van der Waals surface area contributed by atoms with Crippen molar-refractivity contribution in [3.8, 4) is 33.6 Å². The molecule has 2 heterocycles. The van der Waals surface area contributed by atoms with Crippen LogP contribution in [0.2, 0.25) is 0 Å². The number of allylic oxidation sites excluding steroid dienone is 5. The van der Waals surface area contributed by atoms with Gasteiger partial charge in [-0.25, -0.2) is 0 Å². The van der Waals surface area contributed by atoms with Gasteiger partial charge in [-0.05, 0) is 106 Å². The van der Waals surface area contributed by atoms with Crippen molar-refractivity contribution < 1.29 is 0 Å². The van der Waals surface area contributed by atoms with Crippen molar-refractivity contribution in [1.29, 1.82) is 0 Å². The standard InChI is InChI=1S/C54H39N3/c1-2-13-43-42-32-33-48-51(44-18-5-10-21-47(44)54(48)45-19-8-3-14-38(45)39-15-4-9-20-46(39)54)52(42)57(53(43)55)37-30-26-35(27-31-37)34-24-28-36(29-25-34)56-49-22-11-6-16-40(49)41-17-7-12-23-50(41)56/h2-8,10-19,21-33H,9,20,55H2,1H3/b13-2-. The third-order valence-electron chi connectivity index (χ3n) is 13.0. The number of fused-ring (bicyclic) bond motifs is 14. The van der Waals surface area contributed by atoms with Crippen molar-refractivity contribution in [2.45, 2.75) is 25.2 Å². The summed E-state index contributed by atoms with van der Waals surface area (Å²) in [6.45, 7) is 2.07. The van der Waals surface area contributed by atoms with Gasteiger partial charge in [-0.3, -0.25) is 4.57 Å². The van der Waals surface area contributed by atoms with Crippen LogP contribution in [-0.4, -0.2) is 9.13 Å². The van der Waals surface area contributed by atoms with Gasteiger partial charge in [0.25, 0.3) is 0 Å². The van der Waals surface area contributed by atoms with Crippen LogP contribution in [0.1, 0.15) is 47.6 Å². The monoisotopic (exact) mass is 729 g/mol. The van der Waals surface area contributed by atoms with E-state index in [1.54, 1.807) is 0 Å². The molecular formula is C54H39N3. The van der Waals surface area contributed by atoms with Crippen LogP contribution in [0.15, 0.2) is 182 Å². The summed E-state index contributed by atoms with van der Waals surface area (Å²) in [7, 11) is 0. The highest BCUT2D eigenvalue weighted by Gasteiger charge is 2.53. The highest BCUT2D eigenvalue weighted by Crippen LogP contribution is 2.64. The minimum atomic E-state index is -0.337. The number of rotatable bonds is 4. The molecule has 57 heavy (non-hydrogen) atoms. The average Bonchev–Trinajstić information content (AvgIpc) is 3.96. The van der Waals surface area contributed by atoms with Gasteiger partial charge in [0.15, 0.2) is 0 Å². The Kier molecular flexibility index (Phi) is 6.74. The van der Waals surface area contributed by atoms with Gasteiger partial charge in [0.1, 0.15) is 5.82 Å². The van der Waals surface area contributed by atoms with Gasteiger partial charge in [0.05, 0.1) is 22.0 Å². The number of para-hydroxylation sites is 2. The molecule has 0 saturated heterocycles. The van der Waals surface area contributed by atoms with Gasteiger partial charge < -0.3 is 10.3 Å². The van der Waals surface area contributed by atoms with Crippen molar-refractivity contribution in [2.24, 2.45) is 0 Å². The molecule has 0 saturated carbocycles. The lowest BCUT2D eigenvalue weighted by Gasteiger charge is -2.33. The number of anilines is 1. The molecule has 3 heteroatoms. The van der Waals surface area contributed by atoms with Crippen LogP contribution in [0.25, 0.3) is 78.0 Å². The van der Waals surface area contributed by atoms with E-state index in [0.717, 1.165) is 41.2 Å². The van der Waals surface area contributed by atoms with Crippen molar-refractivity contribution in [1.82, 2.24) is 9.13 Å². The lowest BCUT2D eigenvalue weighted by Crippen LogP contribution is -2.27. The summed E-state index contributed by atoms with van der Waals surface area (Å²) in [5, 5.41) is 3.71. The minimum Gasteiger partial charge on any atom is -0.384 e. The molecule has 0 radical (unpaired) electrons. The molecular weight excluding hydrogens is 691 g/mol. The summed E-state index contributed by atoms with van der Waals surface area (Å²) in [4.78, 5) is 0. The minimum absolute atomic E-state index is 0.337. The average molecular weight is 730 g/mol. The first-order valence-corrected chi connectivity index (χ1v) is 20.1. The largest absolute Gasteiger partial charge is 0.384 e. The number of hydrogen-bond donors (Lipinski definition) is 1. The highest BCUT2D eigenvalue weighted by molar-refractivity contribution is 6.11. The molecule has 0 aliphatic heterocycles. The quantitative estimate of drug-likeness (QED) is 0.192. The predicted molar refractivity (Wildman–Crippen MR) is 239 cm³/mol. The normalized spacial score (nSPS) is 16.6. The Morgan fingerprint density at radius 1 is 0.561 bits per heavy atom. The summed E-state index contributed by atoms with van der Waals surface area (Å²) in [5.74, 6) is 0.755. The first kappa shape index (κ1) is 32.2. The number of nitrogens with two attached hydrogens (primary N) is 1. The van der Waals surface area contributed by atoms with Gasteiger partial charge in [0, 0.05) is 38.7 Å². The van der Waals surface area contributed by atoms with E-state index in [1.807, 2.05) is 0 Å². The molecule has 0 amide bonds. The highest BCUT2D eigenvalue weighted by atomic mass is 15.1. The van der Waals surface area contributed by atoms with Gasteiger partial charge in [-0.2, -0.15) is 0 Å². The van der Waals surface area contributed by atoms with Crippen molar-refractivity contribution in [3.05, 3.63) is 209 Å². The fourth-order valence-corrected chi connectivity index (χ4v) is 10.7. The fraction of sp³-hybridized carbons (Fsp3) is 0.0741. The van der Waals surface area contributed by atoms with Gasteiger partial charge in [0.2, 0.25) is 0 Å². The van der Waals surface area contributed by atoms with E-state index in [0.29, 0.717) is 0 Å². The zero-order chi connectivity index (χ0) is 37.8. The van der Waals surface area contributed by atoms with Crippen LogP contribution in [0, 0.1) is 0 Å². The van der Waals surface area contributed by atoms with Gasteiger partial charge in [-0.15, -0.1) is 0 Å². The third kappa shape index (κ3) is 4.21.